The van der Waals surface area contributed by atoms with Crippen LogP contribution in [0.2, 0.25) is 0 Å². The summed E-state index contributed by atoms with van der Waals surface area (Å²) in [6.45, 7) is 3.62. The van der Waals surface area contributed by atoms with E-state index in [0.29, 0.717) is 11.6 Å². The Balaban J connectivity index is 1.71. The van der Waals surface area contributed by atoms with Crippen LogP contribution in [0.4, 0.5) is 18.3 Å². The van der Waals surface area contributed by atoms with Gasteiger partial charge in [0.15, 0.2) is 5.69 Å². The maximum atomic E-state index is 12.7. The van der Waals surface area contributed by atoms with Gasteiger partial charge in [-0.25, -0.2) is 4.98 Å². The second kappa shape index (κ2) is 6.72. The molecule has 9 heteroatoms. The van der Waals surface area contributed by atoms with Gasteiger partial charge in [-0.2, -0.15) is 13.2 Å². The third kappa shape index (κ3) is 3.82. The van der Waals surface area contributed by atoms with Crippen LogP contribution in [-0.2, 0) is 12.6 Å². The van der Waals surface area contributed by atoms with Crippen LogP contribution in [0.15, 0.2) is 5.38 Å². The van der Waals surface area contributed by atoms with Crippen LogP contribution in [0.25, 0.3) is 0 Å². The summed E-state index contributed by atoms with van der Waals surface area (Å²) >= 11 is 2.68. The first kappa shape index (κ1) is 16.6. The molecule has 1 saturated heterocycles. The molecule has 1 aliphatic rings. The Kier molecular flexibility index (Phi) is 4.86. The lowest BCUT2D eigenvalue weighted by atomic mass is 9.99. The zero-order valence-electron chi connectivity index (χ0n) is 12.6. The molecular formula is C14H17F3N4S2. The average molecular weight is 362 g/mol. The molecule has 0 N–H and O–H groups in total. The Bertz CT molecular complexity index is 652. The normalized spacial score (nSPS) is 19.3. The SMILES string of the molecule is CCCc1nnc(N2CCCC(c3nc(C(F)(F)F)cs3)C2)s1. The van der Waals surface area contributed by atoms with Gasteiger partial charge in [0, 0.05) is 30.8 Å². The standard InChI is InChI=1S/C14H17F3N4S2/c1-2-4-11-19-20-13(23-11)21-6-3-5-9(7-21)12-18-10(8-22-12)14(15,16)17/h8-9H,2-7H2,1H3. The predicted octanol–water partition coefficient (Wildman–Crippen LogP) is 4.35. The van der Waals surface area contributed by atoms with Gasteiger partial charge in [-0.05, 0) is 19.3 Å². The fourth-order valence-corrected chi connectivity index (χ4v) is 4.57. The summed E-state index contributed by atoms with van der Waals surface area (Å²) < 4.78 is 38.1. The van der Waals surface area contributed by atoms with Crippen molar-refractivity contribution < 1.29 is 13.2 Å². The molecule has 2 aromatic rings. The van der Waals surface area contributed by atoms with Crippen molar-refractivity contribution in [1.29, 1.82) is 0 Å². The van der Waals surface area contributed by atoms with E-state index in [1.807, 2.05) is 0 Å². The number of anilines is 1. The van der Waals surface area contributed by atoms with Gasteiger partial charge in [-0.15, -0.1) is 21.5 Å². The van der Waals surface area contributed by atoms with Gasteiger partial charge in [-0.1, -0.05) is 18.3 Å². The van der Waals surface area contributed by atoms with Crippen molar-refractivity contribution in [2.45, 2.75) is 44.7 Å². The summed E-state index contributed by atoms with van der Waals surface area (Å²) in [5, 5.41) is 12.0. The number of rotatable bonds is 4. The predicted molar refractivity (Wildman–Crippen MR) is 85.2 cm³/mol. The lowest BCUT2D eigenvalue weighted by Crippen LogP contribution is -2.34. The van der Waals surface area contributed by atoms with E-state index in [1.165, 1.54) is 0 Å². The fourth-order valence-electron chi connectivity index (χ4n) is 2.65. The molecule has 23 heavy (non-hydrogen) atoms. The van der Waals surface area contributed by atoms with Gasteiger partial charge in [0.25, 0.3) is 0 Å². The van der Waals surface area contributed by atoms with E-state index < -0.39 is 11.9 Å². The fraction of sp³-hybridized carbons (Fsp3) is 0.643. The molecule has 0 bridgehead atoms. The van der Waals surface area contributed by atoms with E-state index in [0.717, 1.165) is 59.1 Å². The highest BCUT2D eigenvalue weighted by atomic mass is 32.1. The smallest absolute Gasteiger partial charge is 0.346 e. The number of aromatic nitrogens is 3. The molecule has 0 saturated carbocycles. The zero-order valence-corrected chi connectivity index (χ0v) is 14.3. The van der Waals surface area contributed by atoms with Crippen molar-refractivity contribution in [2.24, 2.45) is 0 Å². The first-order valence-corrected chi connectivity index (χ1v) is 9.27. The highest BCUT2D eigenvalue weighted by molar-refractivity contribution is 7.15. The maximum Gasteiger partial charge on any atom is 0.434 e. The number of aryl methyl sites for hydroxylation is 1. The summed E-state index contributed by atoms with van der Waals surface area (Å²) in [7, 11) is 0. The summed E-state index contributed by atoms with van der Waals surface area (Å²) in [6.07, 6.45) is -0.638. The lowest BCUT2D eigenvalue weighted by Gasteiger charge is -2.31. The van der Waals surface area contributed by atoms with Gasteiger partial charge < -0.3 is 4.90 Å². The van der Waals surface area contributed by atoms with E-state index in [9.17, 15) is 13.2 Å². The molecule has 1 unspecified atom stereocenters. The summed E-state index contributed by atoms with van der Waals surface area (Å²) in [4.78, 5) is 5.93. The molecule has 3 rings (SSSR count). The topological polar surface area (TPSA) is 41.9 Å². The van der Waals surface area contributed by atoms with Gasteiger partial charge in [0.1, 0.15) is 5.01 Å². The van der Waals surface area contributed by atoms with Crippen molar-refractivity contribution in [3.8, 4) is 0 Å². The Hall–Kier alpha value is -1.22. The molecule has 0 spiro atoms. The minimum Gasteiger partial charge on any atom is -0.346 e. The third-order valence-corrected chi connectivity index (χ3v) is 5.82. The van der Waals surface area contributed by atoms with Crippen molar-refractivity contribution in [1.82, 2.24) is 15.2 Å². The molecule has 1 fully saturated rings. The number of alkyl halides is 3. The minimum absolute atomic E-state index is 0.0309. The van der Waals surface area contributed by atoms with Crippen LogP contribution < -0.4 is 4.90 Å². The highest BCUT2D eigenvalue weighted by Gasteiger charge is 2.35. The summed E-state index contributed by atoms with van der Waals surface area (Å²) in [5.41, 5.74) is -0.782. The Morgan fingerprint density at radius 2 is 2.17 bits per heavy atom. The zero-order chi connectivity index (χ0) is 16.4. The molecule has 0 aromatic carbocycles. The second-order valence-electron chi connectivity index (χ2n) is 5.58. The van der Waals surface area contributed by atoms with E-state index >= 15 is 0 Å². The Morgan fingerprint density at radius 1 is 1.35 bits per heavy atom. The number of halogens is 3. The molecule has 2 aromatic heterocycles. The van der Waals surface area contributed by atoms with Gasteiger partial charge in [0.2, 0.25) is 5.13 Å². The van der Waals surface area contributed by atoms with Gasteiger partial charge >= 0.3 is 6.18 Å². The van der Waals surface area contributed by atoms with Crippen LogP contribution in [0.3, 0.4) is 0 Å². The third-order valence-electron chi connectivity index (χ3n) is 3.77. The van der Waals surface area contributed by atoms with Crippen molar-refractivity contribution in [3.05, 3.63) is 21.1 Å². The minimum atomic E-state index is -4.36. The number of nitrogens with zero attached hydrogens (tertiary/aromatic N) is 4. The van der Waals surface area contributed by atoms with Gasteiger partial charge in [-0.3, -0.25) is 0 Å². The van der Waals surface area contributed by atoms with Crippen molar-refractivity contribution in [3.63, 3.8) is 0 Å². The quantitative estimate of drug-likeness (QED) is 0.811. The van der Waals surface area contributed by atoms with E-state index in [1.54, 1.807) is 11.3 Å². The lowest BCUT2D eigenvalue weighted by molar-refractivity contribution is -0.140. The first-order chi connectivity index (χ1) is 11.0. The molecule has 126 valence electrons. The van der Waals surface area contributed by atoms with E-state index in [2.05, 4.69) is 27.0 Å². The average Bonchev–Trinajstić information content (AvgIpc) is 3.16. The molecule has 1 aliphatic heterocycles. The van der Waals surface area contributed by atoms with E-state index in [4.69, 9.17) is 0 Å². The maximum absolute atomic E-state index is 12.7. The highest BCUT2D eigenvalue weighted by Crippen LogP contribution is 2.36. The molecule has 0 amide bonds. The van der Waals surface area contributed by atoms with E-state index in [-0.39, 0.29) is 5.92 Å². The van der Waals surface area contributed by atoms with Gasteiger partial charge in [0.05, 0.1) is 5.01 Å². The molecule has 0 radical (unpaired) electrons. The number of piperidine rings is 1. The van der Waals surface area contributed by atoms with Crippen molar-refractivity contribution in [2.75, 3.05) is 18.0 Å². The molecular weight excluding hydrogens is 345 g/mol. The first-order valence-electron chi connectivity index (χ1n) is 7.57. The molecule has 4 nitrogen and oxygen atoms in total. The van der Waals surface area contributed by atoms with Crippen LogP contribution in [-0.4, -0.2) is 28.3 Å². The number of thiazole rings is 1. The molecule has 0 aliphatic carbocycles. The number of hydrogen-bond donors (Lipinski definition) is 0. The largest absolute Gasteiger partial charge is 0.434 e. The molecule has 3 heterocycles. The van der Waals surface area contributed by atoms with Crippen LogP contribution in [0, 0.1) is 0 Å². The van der Waals surface area contributed by atoms with Crippen LogP contribution >= 0.6 is 22.7 Å². The molecule has 1 atom stereocenters. The van der Waals surface area contributed by atoms with Crippen LogP contribution in [0.5, 0.6) is 0 Å². The number of hydrogen-bond acceptors (Lipinski definition) is 6. The Labute approximate surface area is 140 Å². The second-order valence-corrected chi connectivity index (χ2v) is 7.51. The monoisotopic (exact) mass is 362 g/mol. The summed E-state index contributed by atoms with van der Waals surface area (Å²) in [5.74, 6) is 0.0309. The van der Waals surface area contributed by atoms with Crippen LogP contribution in [0.1, 0.15) is 47.8 Å². The van der Waals surface area contributed by atoms with Crippen molar-refractivity contribution >= 4 is 27.8 Å². The summed E-state index contributed by atoms with van der Waals surface area (Å²) in [6, 6.07) is 0. The Morgan fingerprint density at radius 3 is 2.87 bits per heavy atom.